The van der Waals surface area contributed by atoms with Crippen molar-refractivity contribution < 1.29 is 8.78 Å². The van der Waals surface area contributed by atoms with Gasteiger partial charge in [-0.05, 0) is 43.0 Å². The monoisotopic (exact) mass is 296 g/mol. The van der Waals surface area contributed by atoms with Crippen LogP contribution in [0.1, 0.15) is 45.1 Å². The van der Waals surface area contributed by atoms with Crippen molar-refractivity contribution in [1.82, 2.24) is 4.90 Å². The molecular weight excluding hydrogens is 270 g/mol. The Labute approximate surface area is 126 Å². The van der Waals surface area contributed by atoms with Crippen molar-refractivity contribution in [3.8, 4) is 0 Å². The molecule has 0 spiro atoms. The highest BCUT2D eigenvalue weighted by Crippen LogP contribution is 2.37. The van der Waals surface area contributed by atoms with Crippen LogP contribution in [0.5, 0.6) is 0 Å². The molecule has 2 rings (SSSR count). The highest BCUT2D eigenvalue weighted by Gasteiger charge is 2.38. The molecule has 2 N–H and O–H groups in total. The lowest BCUT2D eigenvalue weighted by molar-refractivity contribution is 0.0365. The summed E-state index contributed by atoms with van der Waals surface area (Å²) in [6.07, 6.45) is 4.55. The lowest BCUT2D eigenvalue weighted by Crippen LogP contribution is -2.55. The number of nitrogens with two attached hydrogens (primary N) is 1. The molecule has 1 aliphatic rings. The van der Waals surface area contributed by atoms with Crippen LogP contribution in [-0.4, -0.2) is 23.5 Å². The molecule has 0 heterocycles. The SMILES string of the molecule is CCN(Cc1cc(F)cc(F)c1)C1(CN)CCCC(C)C1. The lowest BCUT2D eigenvalue weighted by Gasteiger charge is -2.47. The molecular formula is C17H26F2N2. The molecule has 1 fully saturated rings. The molecule has 2 atom stereocenters. The van der Waals surface area contributed by atoms with Crippen molar-refractivity contribution in [3.05, 3.63) is 35.4 Å². The number of benzene rings is 1. The number of likely N-dealkylation sites (N-methyl/N-ethyl adjacent to an activating group) is 1. The molecule has 0 aromatic heterocycles. The maximum atomic E-state index is 13.4. The largest absolute Gasteiger partial charge is 0.329 e. The summed E-state index contributed by atoms with van der Waals surface area (Å²) >= 11 is 0. The van der Waals surface area contributed by atoms with E-state index in [1.54, 1.807) is 0 Å². The van der Waals surface area contributed by atoms with Gasteiger partial charge in [0.25, 0.3) is 0 Å². The predicted molar refractivity (Wildman–Crippen MR) is 81.9 cm³/mol. The van der Waals surface area contributed by atoms with Crippen molar-refractivity contribution in [2.45, 2.75) is 51.6 Å². The number of hydrogen-bond donors (Lipinski definition) is 1. The highest BCUT2D eigenvalue weighted by atomic mass is 19.1. The summed E-state index contributed by atoms with van der Waals surface area (Å²) < 4.78 is 26.8. The maximum absolute atomic E-state index is 13.4. The van der Waals surface area contributed by atoms with E-state index in [-0.39, 0.29) is 5.54 Å². The van der Waals surface area contributed by atoms with Gasteiger partial charge in [-0.3, -0.25) is 4.90 Å². The first-order valence-electron chi connectivity index (χ1n) is 7.89. The van der Waals surface area contributed by atoms with Gasteiger partial charge in [0.15, 0.2) is 0 Å². The van der Waals surface area contributed by atoms with Crippen LogP contribution in [-0.2, 0) is 6.54 Å². The van der Waals surface area contributed by atoms with Gasteiger partial charge in [0.1, 0.15) is 11.6 Å². The molecule has 21 heavy (non-hydrogen) atoms. The zero-order valence-electron chi connectivity index (χ0n) is 13.0. The number of nitrogens with zero attached hydrogens (tertiary/aromatic N) is 1. The van der Waals surface area contributed by atoms with Crippen LogP contribution in [0.2, 0.25) is 0 Å². The average Bonchev–Trinajstić information content (AvgIpc) is 2.43. The Morgan fingerprint density at radius 2 is 1.95 bits per heavy atom. The average molecular weight is 296 g/mol. The van der Waals surface area contributed by atoms with Crippen LogP contribution in [0.15, 0.2) is 18.2 Å². The third-order valence-electron chi connectivity index (χ3n) is 4.80. The quantitative estimate of drug-likeness (QED) is 0.898. The third-order valence-corrected chi connectivity index (χ3v) is 4.80. The molecule has 0 aliphatic heterocycles. The first-order valence-corrected chi connectivity index (χ1v) is 7.89. The van der Waals surface area contributed by atoms with Crippen LogP contribution in [0.4, 0.5) is 8.78 Å². The summed E-state index contributed by atoms with van der Waals surface area (Å²) in [4.78, 5) is 2.30. The van der Waals surface area contributed by atoms with Crippen molar-refractivity contribution in [1.29, 1.82) is 0 Å². The third kappa shape index (κ3) is 3.80. The van der Waals surface area contributed by atoms with Gasteiger partial charge in [0.2, 0.25) is 0 Å². The van der Waals surface area contributed by atoms with E-state index in [4.69, 9.17) is 5.73 Å². The van der Waals surface area contributed by atoms with Crippen molar-refractivity contribution in [3.63, 3.8) is 0 Å². The molecule has 2 nitrogen and oxygen atoms in total. The summed E-state index contributed by atoms with van der Waals surface area (Å²) in [6.45, 7) is 6.34. The Morgan fingerprint density at radius 3 is 2.48 bits per heavy atom. The Kier molecular flexibility index (Phi) is 5.33. The van der Waals surface area contributed by atoms with Gasteiger partial charge in [-0.1, -0.05) is 26.7 Å². The van der Waals surface area contributed by atoms with Gasteiger partial charge in [0, 0.05) is 24.7 Å². The fourth-order valence-corrected chi connectivity index (χ4v) is 3.77. The molecule has 1 saturated carbocycles. The minimum Gasteiger partial charge on any atom is -0.329 e. The van der Waals surface area contributed by atoms with E-state index in [9.17, 15) is 8.78 Å². The molecule has 0 amide bonds. The van der Waals surface area contributed by atoms with Crippen LogP contribution >= 0.6 is 0 Å². The molecule has 0 bridgehead atoms. The van der Waals surface area contributed by atoms with E-state index in [1.165, 1.54) is 25.0 Å². The standard InChI is InChI=1S/C17H26F2N2/c1-3-21(11-14-7-15(18)9-16(19)8-14)17(12-20)6-4-5-13(2)10-17/h7-9,13H,3-6,10-12,20H2,1-2H3. The normalized spacial score (nSPS) is 26.3. The van der Waals surface area contributed by atoms with Crippen LogP contribution in [0.25, 0.3) is 0 Å². The molecule has 0 radical (unpaired) electrons. The number of halogens is 2. The Bertz CT molecular complexity index is 458. The van der Waals surface area contributed by atoms with Crippen LogP contribution in [0, 0.1) is 17.6 Å². The first kappa shape index (κ1) is 16.4. The van der Waals surface area contributed by atoms with E-state index in [0.29, 0.717) is 24.6 Å². The molecule has 4 heteroatoms. The fraction of sp³-hybridized carbons (Fsp3) is 0.647. The molecule has 1 aliphatic carbocycles. The highest BCUT2D eigenvalue weighted by molar-refractivity contribution is 5.18. The van der Waals surface area contributed by atoms with Gasteiger partial charge in [0.05, 0.1) is 0 Å². The Balaban J connectivity index is 2.21. The van der Waals surface area contributed by atoms with Gasteiger partial charge in [-0.25, -0.2) is 8.78 Å². The topological polar surface area (TPSA) is 29.3 Å². The minimum absolute atomic E-state index is 0.0325. The van der Waals surface area contributed by atoms with E-state index in [0.717, 1.165) is 25.5 Å². The lowest BCUT2D eigenvalue weighted by atomic mass is 9.75. The van der Waals surface area contributed by atoms with Gasteiger partial charge in [-0.15, -0.1) is 0 Å². The molecule has 118 valence electrons. The Morgan fingerprint density at radius 1 is 1.29 bits per heavy atom. The number of hydrogen-bond acceptors (Lipinski definition) is 2. The molecule has 0 saturated heterocycles. The van der Waals surface area contributed by atoms with Crippen LogP contribution < -0.4 is 5.73 Å². The summed E-state index contributed by atoms with van der Waals surface area (Å²) in [5, 5.41) is 0. The van der Waals surface area contributed by atoms with Crippen molar-refractivity contribution in [2.24, 2.45) is 11.7 Å². The van der Waals surface area contributed by atoms with Gasteiger partial charge in [-0.2, -0.15) is 0 Å². The summed E-state index contributed by atoms with van der Waals surface area (Å²) in [7, 11) is 0. The van der Waals surface area contributed by atoms with Crippen molar-refractivity contribution >= 4 is 0 Å². The molecule has 1 aromatic carbocycles. The predicted octanol–water partition coefficient (Wildman–Crippen LogP) is 3.69. The smallest absolute Gasteiger partial charge is 0.126 e. The minimum atomic E-state index is -0.514. The maximum Gasteiger partial charge on any atom is 0.126 e. The van der Waals surface area contributed by atoms with E-state index in [1.807, 2.05) is 0 Å². The molecule has 2 unspecified atom stereocenters. The second kappa shape index (κ2) is 6.84. The summed E-state index contributed by atoms with van der Waals surface area (Å²) in [5.74, 6) is -0.375. The summed E-state index contributed by atoms with van der Waals surface area (Å²) in [5.41, 5.74) is 6.75. The van der Waals surface area contributed by atoms with Crippen LogP contribution in [0.3, 0.4) is 0 Å². The number of rotatable bonds is 5. The second-order valence-electron chi connectivity index (χ2n) is 6.42. The molecule has 1 aromatic rings. The summed E-state index contributed by atoms with van der Waals surface area (Å²) in [6, 6.07) is 3.76. The Hall–Kier alpha value is -1.00. The first-order chi connectivity index (χ1) is 9.99. The van der Waals surface area contributed by atoms with Gasteiger partial charge >= 0.3 is 0 Å². The second-order valence-corrected chi connectivity index (χ2v) is 6.42. The van der Waals surface area contributed by atoms with E-state index >= 15 is 0 Å². The van der Waals surface area contributed by atoms with Gasteiger partial charge < -0.3 is 5.73 Å². The fourth-order valence-electron chi connectivity index (χ4n) is 3.77. The van der Waals surface area contributed by atoms with E-state index < -0.39 is 11.6 Å². The van der Waals surface area contributed by atoms with E-state index in [2.05, 4.69) is 18.7 Å². The van der Waals surface area contributed by atoms with Crippen molar-refractivity contribution in [2.75, 3.05) is 13.1 Å². The zero-order chi connectivity index (χ0) is 15.5. The zero-order valence-corrected chi connectivity index (χ0v) is 13.0.